The molecule has 47 heavy (non-hydrogen) atoms. The predicted octanol–water partition coefficient (Wildman–Crippen LogP) is 18.1. The summed E-state index contributed by atoms with van der Waals surface area (Å²) in [5.41, 5.74) is 0. The highest BCUT2D eigenvalue weighted by molar-refractivity contribution is 7.57. The molecule has 1 heteroatoms. The highest BCUT2D eigenvalue weighted by Crippen LogP contribution is 2.39. The van der Waals surface area contributed by atoms with E-state index >= 15 is 0 Å². The lowest BCUT2D eigenvalue weighted by Crippen LogP contribution is -1.97. The van der Waals surface area contributed by atoms with Crippen molar-refractivity contribution < 1.29 is 0 Å². The molecule has 0 amide bonds. The van der Waals surface area contributed by atoms with Gasteiger partial charge >= 0.3 is 0 Å². The maximum atomic E-state index is 2.32. The van der Waals surface area contributed by atoms with Gasteiger partial charge in [-0.25, -0.2) is 0 Å². The SMILES string of the molecule is CCCCCCCCCCCCCCCCCCP(CCCCCCCCCCCCCC)CCCCCCCCCCCCCC. The third-order valence-corrected chi connectivity index (χ3v) is 13.8. The van der Waals surface area contributed by atoms with Crippen LogP contribution in [0.4, 0.5) is 0 Å². The molecule has 0 saturated heterocycles. The molecule has 0 unspecified atom stereocenters. The molecule has 0 saturated carbocycles. The van der Waals surface area contributed by atoms with Crippen molar-refractivity contribution in [2.45, 2.75) is 278 Å². The molecule has 0 heterocycles. The summed E-state index contributed by atoms with van der Waals surface area (Å²) in [5.74, 6) is 0. The lowest BCUT2D eigenvalue weighted by atomic mass is 10.0. The molecule has 0 atom stereocenters. The lowest BCUT2D eigenvalue weighted by Gasteiger charge is -2.18. The average Bonchev–Trinajstić information content (AvgIpc) is 3.08. The fourth-order valence-electron chi connectivity index (χ4n) is 7.57. The molecule has 0 N–H and O–H groups in total. The highest BCUT2D eigenvalue weighted by Gasteiger charge is 2.08. The van der Waals surface area contributed by atoms with E-state index in [0.29, 0.717) is 7.92 Å². The summed E-state index contributed by atoms with van der Waals surface area (Å²) >= 11 is 0. The first-order chi connectivity index (χ1) is 23.3. The largest absolute Gasteiger partial charge is 0.107 e. The van der Waals surface area contributed by atoms with Crippen molar-refractivity contribution in [2.24, 2.45) is 0 Å². The summed E-state index contributed by atoms with van der Waals surface area (Å²) in [5, 5.41) is 0. The van der Waals surface area contributed by atoms with Gasteiger partial charge in [-0.15, -0.1) is 7.92 Å². The van der Waals surface area contributed by atoms with E-state index in [1.807, 2.05) is 0 Å². The molecule has 0 aliphatic heterocycles. The minimum absolute atomic E-state index is 0.321. The fraction of sp³-hybridized carbons (Fsp3) is 1.00. The van der Waals surface area contributed by atoms with E-state index in [1.54, 1.807) is 37.7 Å². The zero-order valence-electron chi connectivity index (χ0n) is 33.9. The Balaban J connectivity index is 3.89. The summed E-state index contributed by atoms with van der Waals surface area (Å²) in [6, 6.07) is 0. The Morgan fingerprint density at radius 2 is 0.298 bits per heavy atom. The summed E-state index contributed by atoms with van der Waals surface area (Å²) in [6.45, 7) is 6.97. The van der Waals surface area contributed by atoms with Gasteiger partial charge in [0.2, 0.25) is 0 Å². The summed E-state index contributed by atoms with van der Waals surface area (Å²) in [6.07, 6.45) is 64.3. The van der Waals surface area contributed by atoms with Crippen LogP contribution < -0.4 is 0 Å². The van der Waals surface area contributed by atoms with Gasteiger partial charge in [0.25, 0.3) is 0 Å². The number of hydrogen-bond acceptors (Lipinski definition) is 0. The number of unbranched alkanes of at least 4 members (excludes halogenated alkanes) is 37. The van der Waals surface area contributed by atoms with Crippen molar-refractivity contribution >= 4 is 7.92 Å². The summed E-state index contributed by atoms with van der Waals surface area (Å²) < 4.78 is 0. The van der Waals surface area contributed by atoms with E-state index in [9.17, 15) is 0 Å². The van der Waals surface area contributed by atoms with E-state index in [0.717, 1.165) is 0 Å². The number of rotatable bonds is 43. The molecule has 0 spiro atoms. The van der Waals surface area contributed by atoms with Gasteiger partial charge in [0.05, 0.1) is 0 Å². The summed E-state index contributed by atoms with van der Waals surface area (Å²) in [4.78, 5) is 0. The molecule has 0 nitrogen and oxygen atoms in total. The van der Waals surface area contributed by atoms with Gasteiger partial charge in [0.1, 0.15) is 0 Å². The van der Waals surface area contributed by atoms with Gasteiger partial charge in [-0.3, -0.25) is 0 Å². The first-order valence-electron chi connectivity index (χ1n) is 23.1. The monoisotopic (exact) mass is 679 g/mol. The molecule has 0 aliphatic carbocycles. The Morgan fingerprint density at radius 3 is 0.447 bits per heavy atom. The second-order valence-corrected chi connectivity index (χ2v) is 18.6. The van der Waals surface area contributed by atoms with Crippen LogP contribution in [0.15, 0.2) is 0 Å². The molecule has 0 rings (SSSR count). The Morgan fingerprint density at radius 1 is 0.170 bits per heavy atom. The molecule has 284 valence electrons. The molecule has 0 aromatic heterocycles. The van der Waals surface area contributed by atoms with Gasteiger partial charge < -0.3 is 0 Å². The fourth-order valence-corrected chi connectivity index (χ4v) is 10.3. The average molecular weight is 679 g/mol. The molecular formula is C46H95P. The van der Waals surface area contributed by atoms with Crippen LogP contribution in [0.5, 0.6) is 0 Å². The van der Waals surface area contributed by atoms with Crippen LogP contribution in [-0.2, 0) is 0 Å². The molecule has 0 aliphatic rings. The van der Waals surface area contributed by atoms with Gasteiger partial charge in [-0.1, -0.05) is 258 Å². The van der Waals surface area contributed by atoms with Crippen LogP contribution >= 0.6 is 7.92 Å². The highest BCUT2D eigenvalue weighted by atomic mass is 31.1. The minimum atomic E-state index is 0.321. The van der Waals surface area contributed by atoms with Crippen molar-refractivity contribution in [3.05, 3.63) is 0 Å². The summed E-state index contributed by atoms with van der Waals surface area (Å²) in [7, 11) is 0.321. The van der Waals surface area contributed by atoms with Crippen LogP contribution in [0, 0.1) is 0 Å². The predicted molar refractivity (Wildman–Crippen MR) is 223 cm³/mol. The van der Waals surface area contributed by atoms with Crippen LogP contribution in [0.1, 0.15) is 278 Å². The standard InChI is InChI=1S/C46H95P/c1-4-7-10-13-16-19-22-25-26-27-28-31-34-37-40-43-46-47(44-41-38-35-32-29-23-20-17-14-11-8-5-2)45-42-39-36-33-30-24-21-18-15-12-9-6-3/h4-46H2,1-3H3. The van der Waals surface area contributed by atoms with E-state index in [4.69, 9.17) is 0 Å². The number of hydrogen-bond donors (Lipinski definition) is 0. The van der Waals surface area contributed by atoms with E-state index < -0.39 is 0 Å². The maximum Gasteiger partial charge on any atom is -0.0326 e. The Bertz CT molecular complexity index is 487. The van der Waals surface area contributed by atoms with Crippen LogP contribution in [0.3, 0.4) is 0 Å². The second kappa shape index (κ2) is 44.5. The van der Waals surface area contributed by atoms with Gasteiger partial charge in [0, 0.05) is 0 Å². The Hall–Kier alpha value is 0.430. The minimum Gasteiger partial charge on any atom is -0.107 e. The molecule has 0 bridgehead atoms. The zero-order valence-corrected chi connectivity index (χ0v) is 34.7. The Labute approximate surface area is 303 Å². The topological polar surface area (TPSA) is 0 Å². The molecular weight excluding hydrogens is 583 g/mol. The normalized spacial score (nSPS) is 11.7. The third kappa shape index (κ3) is 42.5. The van der Waals surface area contributed by atoms with Crippen molar-refractivity contribution in [3.63, 3.8) is 0 Å². The smallest absolute Gasteiger partial charge is 0.0326 e. The first-order valence-corrected chi connectivity index (χ1v) is 25.0. The van der Waals surface area contributed by atoms with Crippen molar-refractivity contribution in [1.29, 1.82) is 0 Å². The molecule has 0 aromatic carbocycles. The quantitative estimate of drug-likeness (QED) is 0.0445. The molecule has 0 aromatic rings. The van der Waals surface area contributed by atoms with Crippen molar-refractivity contribution in [3.8, 4) is 0 Å². The van der Waals surface area contributed by atoms with Crippen molar-refractivity contribution in [1.82, 2.24) is 0 Å². The third-order valence-electron chi connectivity index (χ3n) is 11.0. The van der Waals surface area contributed by atoms with Gasteiger partial charge in [-0.05, 0) is 37.7 Å². The van der Waals surface area contributed by atoms with Crippen molar-refractivity contribution in [2.75, 3.05) is 18.5 Å². The van der Waals surface area contributed by atoms with E-state index in [-0.39, 0.29) is 0 Å². The lowest BCUT2D eigenvalue weighted by molar-refractivity contribution is 0.531. The van der Waals surface area contributed by atoms with Crippen LogP contribution in [-0.4, -0.2) is 18.5 Å². The van der Waals surface area contributed by atoms with Gasteiger partial charge in [0.15, 0.2) is 0 Å². The van der Waals surface area contributed by atoms with Crippen LogP contribution in [0.25, 0.3) is 0 Å². The molecule has 0 fully saturated rings. The van der Waals surface area contributed by atoms with Gasteiger partial charge in [-0.2, -0.15) is 0 Å². The molecule has 0 radical (unpaired) electrons. The zero-order chi connectivity index (χ0) is 34.0. The maximum absolute atomic E-state index is 2.32. The van der Waals surface area contributed by atoms with Crippen LogP contribution in [0.2, 0.25) is 0 Å². The van der Waals surface area contributed by atoms with E-state index in [1.165, 1.54) is 238 Å². The first kappa shape index (κ1) is 47.4. The van der Waals surface area contributed by atoms with E-state index in [2.05, 4.69) is 20.8 Å². The second-order valence-electron chi connectivity index (χ2n) is 15.9. The Kier molecular flexibility index (Phi) is 44.9.